The molecule has 0 aliphatic carbocycles. The van der Waals surface area contributed by atoms with Crippen molar-refractivity contribution in [2.45, 2.75) is 25.7 Å². The summed E-state index contributed by atoms with van der Waals surface area (Å²) in [5.74, 6) is 1.06. The molecular formula is C16H20N2O2. The van der Waals surface area contributed by atoms with Gasteiger partial charge < -0.3 is 14.6 Å². The third kappa shape index (κ3) is 2.50. The highest BCUT2D eigenvalue weighted by Crippen LogP contribution is 2.24. The number of nitrogens with zero attached hydrogens (tertiary/aromatic N) is 1. The van der Waals surface area contributed by atoms with E-state index in [0.29, 0.717) is 6.42 Å². The van der Waals surface area contributed by atoms with Crippen molar-refractivity contribution in [2.24, 2.45) is 0 Å². The van der Waals surface area contributed by atoms with Crippen molar-refractivity contribution >= 4 is 16.8 Å². The van der Waals surface area contributed by atoms with Crippen LogP contribution in [0, 0.1) is 0 Å². The van der Waals surface area contributed by atoms with Crippen molar-refractivity contribution in [3.63, 3.8) is 0 Å². The van der Waals surface area contributed by atoms with Crippen LogP contribution in [0.4, 0.5) is 0 Å². The number of ether oxygens (including phenoxy) is 1. The molecule has 1 aromatic heterocycles. The molecule has 4 heteroatoms. The van der Waals surface area contributed by atoms with E-state index in [4.69, 9.17) is 4.74 Å². The number of piperidine rings is 1. The minimum atomic E-state index is 0.237. The summed E-state index contributed by atoms with van der Waals surface area (Å²) in [6.45, 7) is 1.82. The van der Waals surface area contributed by atoms with E-state index >= 15 is 0 Å². The fraction of sp³-hybridized carbons (Fsp3) is 0.438. The first-order valence-corrected chi connectivity index (χ1v) is 7.20. The molecule has 1 fully saturated rings. The molecule has 1 aromatic carbocycles. The van der Waals surface area contributed by atoms with Crippen LogP contribution in [0.3, 0.4) is 0 Å². The van der Waals surface area contributed by atoms with E-state index in [1.54, 1.807) is 7.11 Å². The molecule has 20 heavy (non-hydrogen) atoms. The lowest BCUT2D eigenvalue weighted by Gasteiger charge is -2.26. The Kier molecular flexibility index (Phi) is 3.63. The average molecular weight is 272 g/mol. The summed E-state index contributed by atoms with van der Waals surface area (Å²) >= 11 is 0. The van der Waals surface area contributed by atoms with E-state index in [1.165, 1.54) is 6.42 Å². The average Bonchev–Trinajstić information content (AvgIpc) is 2.90. The molecule has 1 aliphatic rings. The van der Waals surface area contributed by atoms with E-state index in [1.807, 2.05) is 29.3 Å². The summed E-state index contributed by atoms with van der Waals surface area (Å²) in [7, 11) is 1.66. The van der Waals surface area contributed by atoms with E-state index in [0.717, 1.165) is 48.1 Å². The zero-order valence-electron chi connectivity index (χ0n) is 11.8. The quantitative estimate of drug-likeness (QED) is 0.933. The number of benzene rings is 1. The van der Waals surface area contributed by atoms with Gasteiger partial charge in [0.05, 0.1) is 13.5 Å². The maximum Gasteiger partial charge on any atom is 0.227 e. The minimum Gasteiger partial charge on any atom is -0.497 e. The Labute approximate surface area is 118 Å². The summed E-state index contributed by atoms with van der Waals surface area (Å²) in [6, 6.07) is 5.92. The summed E-state index contributed by atoms with van der Waals surface area (Å²) < 4.78 is 5.21. The molecule has 1 saturated heterocycles. The zero-order valence-corrected chi connectivity index (χ0v) is 11.8. The molecule has 4 nitrogen and oxygen atoms in total. The number of aromatic amines is 1. The van der Waals surface area contributed by atoms with Gasteiger partial charge in [0.1, 0.15) is 5.75 Å². The minimum absolute atomic E-state index is 0.237. The summed E-state index contributed by atoms with van der Waals surface area (Å²) in [5.41, 5.74) is 2.09. The highest BCUT2D eigenvalue weighted by molar-refractivity contribution is 5.89. The van der Waals surface area contributed by atoms with Gasteiger partial charge in [-0.25, -0.2) is 0 Å². The molecule has 1 amide bonds. The SMILES string of the molecule is COc1ccc2c(CC(=O)N3CCCCC3)c[nH]c2c1. The van der Waals surface area contributed by atoms with Gasteiger partial charge in [-0.15, -0.1) is 0 Å². The Morgan fingerprint density at radius 3 is 2.85 bits per heavy atom. The smallest absolute Gasteiger partial charge is 0.227 e. The Bertz CT molecular complexity index is 612. The number of H-pyrrole nitrogens is 1. The molecule has 0 unspecified atom stereocenters. The second kappa shape index (κ2) is 5.57. The Morgan fingerprint density at radius 2 is 2.10 bits per heavy atom. The maximum absolute atomic E-state index is 12.3. The number of carbonyl (C=O) groups is 1. The lowest BCUT2D eigenvalue weighted by atomic mass is 10.1. The van der Waals surface area contributed by atoms with Crippen LogP contribution in [0.5, 0.6) is 5.75 Å². The molecule has 1 N–H and O–H groups in total. The van der Waals surface area contributed by atoms with Gasteiger partial charge in [0, 0.05) is 36.3 Å². The Hall–Kier alpha value is -1.97. The van der Waals surface area contributed by atoms with Gasteiger partial charge in [0.15, 0.2) is 0 Å². The van der Waals surface area contributed by atoms with Gasteiger partial charge >= 0.3 is 0 Å². The monoisotopic (exact) mass is 272 g/mol. The lowest BCUT2D eigenvalue weighted by molar-refractivity contribution is -0.131. The van der Waals surface area contributed by atoms with Crippen LogP contribution in [0.1, 0.15) is 24.8 Å². The Morgan fingerprint density at radius 1 is 1.30 bits per heavy atom. The van der Waals surface area contributed by atoms with Crippen molar-refractivity contribution in [2.75, 3.05) is 20.2 Å². The molecule has 0 radical (unpaired) electrons. The van der Waals surface area contributed by atoms with Gasteiger partial charge in [-0.1, -0.05) is 0 Å². The molecule has 3 rings (SSSR count). The molecule has 2 heterocycles. The van der Waals surface area contributed by atoms with Crippen LogP contribution in [0.25, 0.3) is 10.9 Å². The number of hydrogen-bond donors (Lipinski definition) is 1. The van der Waals surface area contributed by atoms with Crippen LogP contribution in [0.2, 0.25) is 0 Å². The zero-order chi connectivity index (χ0) is 13.9. The highest BCUT2D eigenvalue weighted by Gasteiger charge is 2.18. The largest absolute Gasteiger partial charge is 0.497 e. The van der Waals surface area contributed by atoms with Gasteiger partial charge in [-0.2, -0.15) is 0 Å². The Balaban J connectivity index is 1.78. The topological polar surface area (TPSA) is 45.3 Å². The molecule has 0 spiro atoms. The van der Waals surface area contributed by atoms with E-state index in [9.17, 15) is 4.79 Å². The van der Waals surface area contributed by atoms with Crippen LogP contribution in [-0.4, -0.2) is 36.0 Å². The third-order valence-corrected chi connectivity index (χ3v) is 4.03. The van der Waals surface area contributed by atoms with Crippen LogP contribution < -0.4 is 4.74 Å². The first-order valence-electron chi connectivity index (χ1n) is 7.20. The predicted octanol–water partition coefficient (Wildman–Crippen LogP) is 2.73. The number of hydrogen-bond acceptors (Lipinski definition) is 2. The number of amides is 1. The molecule has 0 bridgehead atoms. The molecular weight excluding hydrogens is 252 g/mol. The summed E-state index contributed by atoms with van der Waals surface area (Å²) in [4.78, 5) is 17.5. The number of carbonyl (C=O) groups excluding carboxylic acids is 1. The van der Waals surface area contributed by atoms with Crippen molar-refractivity contribution in [3.05, 3.63) is 30.0 Å². The number of likely N-dealkylation sites (tertiary alicyclic amines) is 1. The van der Waals surface area contributed by atoms with Crippen molar-refractivity contribution in [3.8, 4) is 5.75 Å². The summed E-state index contributed by atoms with van der Waals surface area (Å²) in [5, 5.41) is 1.11. The predicted molar refractivity (Wildman–Crippen MR) is 79.0 cm³/mol. The number of methoxy groups -OCH3 is 1. The van der Waals surface area contributed by atoms with Crippen LogP contribution >= 0.6 is 0 Å². The fourth-order valence-corrected chi connectivity index (χ4v) is 2.86. The van der Waals surface area contributed by atoms with E-state index in [2.05, 4.69) is 4.98 Å². The molecule has 0 atom stereocenters. The van der Waals surface area contributed by atoms with Gasteiger partial charge in [-0.3, -0.25) is 4.79 Å². The van der Waals surface area contributed by atoms with Crippen LogP contribution in [-0.2, 0) is 11.2 Å². The number of fused-ring (bicyclic) bond motifs is 1. The fourth-order valence-electron chi connectivity index (χ4n) is 2.86. The first-order chi connectivity index (χ1) is 9.78. The first kappa shape index (κ1) is 13.0. The number of nitrogens with one attached hydrogen (secondary N) is 1. The second-order valence-corrected chi connectivity index (χ2v) is 5.34. The lowest BCUT2D eigenvalue weighted by Crippen LogP contribution is -2.36. The molecule has 1 aliphatic heterocycles. The highest BCUT2D eigenvalue weighted by atomic mass is 16.5. The van der Waals surface area contributed by atoms with E-state index < -0.39 is 0 Å². The van der Waals surface area contributed by atoms with Crippen LogP contribution in [0.15, 0.2) is 24.4 Å². The maximum atomic E-state index is 12.3. The van der Waals surface area contributed by atoms with Crippen molar-refractivity contribution in [1.29, 1.82) is 0 Å². The van der Waals surface area contributed by atoms with Gasteiger partial charge in [-0.05, 0) is 37.0 Å². The molecule has 2 aromatic rings. The van der Waals surface area contributed by atoms with E-state index in [-0.39, 0.29) is 5.91 Å². The molecule has 106 valence electrons. The number of aromatic nitrogens is 1. The van der Waals surface area contributed by atoms with Gasteiger partial charge in [0.25, 0.3) is 0 Å². The van der Waals surface area contributed by atoms with Gasteiger partial charge in [0.2, 0.25) is 5.91 Å². The number of rotatable bonds is 3. The molecule has 0 saturated carbocycles. The summed E-state index contributed by atoms with van der Waals surface area (Å²) in [6.07, 6.45) is 5.93. The standard InChI is InChI=1S/C16H20N2O2/c1-20-13-5-6-14-12(11-17-15(14)10-13)9-16(19)18-7-3-2-4-8-18/h5-6,10-11,17H,2-4,7-9H2,1H3. The normalized spacial score (nSPS) is 15.6. The van der Waals surface area contributed by atoms with Crippen molar-refractivity contribution in [1.82, 2.24) is 9.88 Å². The second-order valence-electron chi connectivity index (χ2n) is 5.34. The third-order valence-electron chi connectivity index (χ3n) is 4.03. The van der Waals surface area contributed by atoms with Crippen molar-refractivity contribution < 1.29 is 9.53 Å².